The number of aliphatic imine (C=N–C) groups is 2. The van der Waals surface area contributed by atoms with Gasteiger partial charge >= 0.3 is 5.97 Å². The van der Waals surface area contributed by atoms with E-state index in [-0.39, 0.29) is 12.3 Å². The molecule has 80 valence electrons. The molecule has 1 unspecified atom stereocenters. The van der Waals surface area contributed by atoms with Crippen LogP contribution in [0.15, 0.2) is 9.98 Å². The first-order chi connectivity index (χ1) is 7.18. The van der Waals surface area contributed by atoms with Gasteiger partial charge in [-0.1, -0.05) is 0 Å². The van der Waals surface area contributed by atoms with Crippen LogP contribution in [-0.4, -0.2) is 53.3 Å². The van der Waals surface area contributed by atoms with Crippen molar-refractivity contribution in [3.05, 3.63) is 0 Å². The van der Waals surface area contributed by atoms with Crippen molar-refractivity contribution in [1.29, 1.82) is 0 Å². The minimum Gasteiger partial charge on any atom is -0.481 e. The summed E-state index contributed by atoms with van der Waals surface area (Å²) in [6.45, 7) is 0.676. The van der Waals surface area contributed by atoms with Gasteiger partial charge in [-0.2, -0.15) is 0 Å². The summed E-state index contributed by atoms with van der Waals surface area (Å²) >= 11 is 0. The number of carbonyl (C=O) groups excluding carboxylic acids is 1. The summed E-state index contributed by atoms with van der Waals surface area (Å²) in [5, 5.41) is 11.0. The summed E-state index contributed by atoms with van der Waals surface area (Å²) < 4.78 is 0. The number of aliphatic carboxylic acids is 1. The van der Waals surface area contributed by atoms with Crippen LogP contribution >= 0.6 is 0 Å². The molecule has 1 atom stereocenters. The number of nitrogens with zero attached hydrogens (tertiary/aromatic N) is 3. The minimum atomic E-state index is -0.868. The average molecular weight is 210 g/mol. The lowest BCUT2D eigenvalue weighted by atomic mass is 10.2. The Morgan fingerprint density at radius 1 is 1.73 bits per heavy atom. The maximum absolute atomic E-state index is 11.3. The highest BCUT2D eigenvalue weighted by Crippen LogP contribution is 2.14. The fourth-order valence-corrected chi connectivity index (χ4v) is 1.53. The highest BCUT2D eigenvalue weighted by atomic mass is 16.4. The number of carbonyl (C=O) groups is 2. The van der Waals surface area contributed by atoms with E-state index in [1.54, 1.807) is 4.90 Å². The van der Waals surface area contributed by atoms with E-state index >= 15 is 0 Å². The van der Waals surface area contributed by atoms with E-state index in [2.05, 4.69) is 15.3 Å². The molecule has 0 aromatic heterocycles. The zero-order valence-electron chi connectivity index (χ0n) is 7.88. The fourth-order valence-electron chi connectivity index (χ4n) is 1.53. The monoisotopic (exact) mass is 210 g/mol. The third-order valence-electron chi connectivity index (χ3n) is 2.27. The van der Waals surface area contributed by atoms with Gasteiger partial charge < -0.3 is 10.4 Å². The van der Waals surface area contributed by atoms with Crippen LogP contribution in [0.5, 0.6) is 0 Å². The van der Waals surface area contributed by atoms with Crippen molar-refractivity contribution in [3.8, 4) is 0 Å². The second-order valence-electron chi connectivity index (χ2n) is 3.27. The first-order valence-corrected chi connectivity index (χ1v) is 4.51. The van der Waals surface area contributed by atoms with Crippen LogP contribution in [0.25, 0.3) is 0 Å². The summed E-state index contributed by atoms with van der Waals surface area (Å²) in [6, 6.07) is 0. The Morgan fingerprint density at radius 3 is 3.27 bits per heavy atom. The number of carboxylic acid groups (broad SMARTS) is 1. The molecule has 0 spiro atoms. The third-order valence-corrected chi connectivity index (χ3v) is 2.27. The average Bonchev–Trinajstić information content (AvgIpc) is 2.59. The minimum absolute atomic E-state index is 0.0242. The van der Waals surface area contributed by atoms with Crippen molar-refractivity contribution < 1.29 is 14.7 Å². The van der Waals surface area contributed by atoms with Gasteiger partial charge in [0.25, 0.3) is 5.91 Å². The van der Waals surface area contributed by atoms with Crippen molar-refractivity contribution in [2.45, 2.75) is 12.6 Å². The van der Waals surface area contributed by atoms with E-state index in [9.17, 15) is 9.59 Å². The van der Waals surface area contributed by atoms with Crippen molar-refractivity contribution in [2.75, 3.05) is 13.2 Å². The van der Waals surface area contributed by atoms with Crippen molar-refractivity contribution in [3.63, 3.8) is 0 Å². The van der Waals surface area contributed by atoms with Crippen LogP contribution in [0, 0.1) is 0 Å². The Labute approximate surface area is 85.5 Å². The van der Waals surface area contributed by atoms with Crippen LogP contribution < -0.4 is 5.32 Å². The highest BCUT2D eigenvalue weighted by molar-refractivity contribution is 6.43. The number of amides is 1. The van der Waals surface area contributed by atoms with Gasteiger partial charge in [0.15, 0.2) is 6.17 Å². The smallest absolute Gasteiger partial charge is 0.304 e. The predicted molar refractivity (Wildman–Crippen MR) is 51.7 cm³/mol. The summed E-state index contributed by atoms with van der Waals surface area (Å²) in [6.07, 6.45) is 0.944. The first kappa shape index (κ1) is 9.78. The maximum Gasteiger partial charge on any atom is 0.304 e. The number of fused-ring (bicyclic) bond motifs is 1. The van der Waals surface area contributed by atoms with E-state index < -0.39 is 12.1 Å². The van der Waals surface area contributed by atoms with Crippen molar-refractivity contribution >= 4 is 23.9 Å². The van der Waals surface area contributed by atoms with Crippen LogP contribution in [0.3, 0.4) is 0 Å². The van der Waals surface area contributed by atoms with Crippen LogP contribution in [0.1, 0.15) is 6.42 Å². The molecule has 2 aliphatic heterocycles. The quantitative estimate of drug-likeness (QED) is 0.602. The number of nitrogens with one attached hydrogen (secondary N) is 1. The molecule has 0 saturated heterocycles. The second kappa shape index (κ2) is 3.77. The van der Waals surface area contributed by atoms with Gasteiger partial charge in [-0.3, -0.25) is 19.5 Å². The summed E-state index contributed by atoms with van der Waals surface area (Å²) in [5.74, 6) is -1.12. The predicted octanol–water partition coefficient (Wildman–Crippen LogP) is -1.34. The Bertz CT molecular complexity index is 363. The molecule has 0 radical (unpaired) electrons. The Balaban J connectivity index is 2.02. The third kappa shape index (κ3) is 1.86. The largest absolute Gasteiger partial charge is 0.481 e. The van der Waals surface area contributed by atoms with Crippen LogP contribution in [0.2, 0.25) is 0 Å². The summed E-state index contributed by atoms with van der Waals surface area (Å²) in [5.41, 5.74) is 0.364. The molecule has 0 aromatic rings. The Kier molecular flexibility index (Phi) is 2.46. The highest BCUT2D eigenvalue weighted by Gasteiger charge is 2.34. The lowest BCUT2D eigenvalue weighted by Gasteiger charge is -2.22. The molecule has 2 N–H and O–H groups in total. The molecule has 2 rings (SSSR count). The molecule has 2 heterocycles. The molecule has 0 aromatic carbocycles. The van der Waals surface area contributed by atoms with Crippen LogP contribution in [0.4, 0.5) is 0 Å². The molecule has 7 nitrogen and oxygen atoms in total. The molecule has 1 amide bonds. The van der Waals surface area contributed by atoms with Crippen molar-refractivity contribution in [1.82, 2.24) is 10.2 Å². The van der Waals surface area contributed by atoms with Gasteiger partial charge in [0.1, 0.15) is 5.71 Å². The topological polar surface area (TPSA) is 94.4 Å². The number of carboxylic acids is 1. The number of hydrogen-bond donors (Lipinski definition) is 2. The van der Waals surface area contributed by atoms with Gasteiger partial charge in [0.05, 0.1) is 19.4 Å². The van der Waals surface area contributed by atoms with E-state index in [0.29, 0.717) is 18.9 Å². The standard InChI is InChI=1S/C8H10N4O3/c13-5(14)1-2-12-4-11-6-7(12)9-3-10-8(6)15/h3,7H,1-2,4H2,(H,13,14)(H,9,10,15). The lowest BCUT2D eigenvalue weighted by molar-refractivity contribution is -0.137. The summed E-state index contributed by atoms with van der Waals surface area (Å²) in [7, 11) is 0. The first-order valence-electron chi connectivity index (χ1n) is 4.51. The van der Waals surface area contributed by atoms with Gasteiger partial charge in [0.2, 0.25) is 0 Å². The van der Waals surface area contributed by atoms with Gasteiger partial charge in [-0.25, -0.2) is 4.99 Å². The maximum atomic E-state index is 11.3. The molecule has 0 fully saturated rings. The zero-order valence-corrected chi connectivity index (χ0v) is 7.88. The normalized spacial score (nSPS) is 24.7. The Hall–Kier alpha value is -1.76. The van der Waals surface area contributed by atoms with Crippen LogP contribution in [-0.2, 0) is 9.59 Å². The van der Waals surface area contributed by atoms with Gasteiger partial charge in [-0.05, 0) is 0 Å². The molecule has 0 aliphatic carbocycles. The molecule has 2 aliphatic rings. The molecule has 15 heavy (non-hydrogen) atoms. The lowest BCUT2D eigenvalue weighted by Crippen LogP contribution is -2.46. The number of rotatable bonds is 3. The van der Waals surface area contributed by atoms with Gasteiger partial charge in [-0.15, -0.1) is 0 Å². The summed E-state index contributed by atoms with van der Waals surface area (Å²) in [4.78, 5) is 31.5. The molecule has 0 saturated carbocycles. The SMILES string of the molecule is O=C(O)CCN1CN=C2C(=O)NC=NC21. The van der Waals surface area contributed by atoms with Crippen molar-refractivity contribution in [2.24, 2.45) is 9.98 Å². The molecule has 7 heteroatoms. The van der Waals surface area contributed by atoms with E-state index in [0.717, 1.165) is 0 Å². The Morgan fingerprint density at radius 2 is 2.53 bits per heavy atom. The molecule has 0 bridgehead atoms. The zero-order chi connectivity index (χ0) is 10.8. The van der Waals surface area contributed by atoms with E-state index in [1.807, 2.05) is 0 Å². The van der Waals surface area contributed by atoms with E-state index in [4.69, 9.17) is 5.11 Å². The number of hydrogen-bond acceptors (Lipinski definition) is 5. The molecular weight excluding hydrogens is 200 g/mol. The van der Waals surface area contributed by atoms with E-state index in [1.165, 1.54) is 6.34 Å². The second-order valence-corrected chi connectivity index (χ2v) is 3.27. The molecular formula is C8H10N4O3. The fraction of sp³-hybridized carbons (Fsp3) is 0.500. The van der Waals surface area contributed by atoms with Gasteiger partial charge in [0, 0.05) is 6.54 Å².